The Hall–Kier alpha value is -0.860. The van der Waals surface area contributed by atoms with Gasteiger partial charge in [0.15, 0.2) is 0 Å². The second-order valence-electron chi connectivity index (χ2n) is 4.04. The quantitative estimate of drug-likeness (QED) is 0.860. The molecule has 1 nitrogen and oxygen atoms in total. The van der Waals surface area contributed by atoms with Crippen molar-refractivity contribution in [2.24, 2.45) is 5.73 Å². The Morgan fingerprint density at radius 1 is 1.31 bits per heavy atom. The van der Waals surface area contributed by atoms with E-state index in [9.17, 15) is 4.39 Å². The van der Waals surface area contributed by atoms with Gasteiger partial charge in [0.2, 0.25) is 0 Å². The molecule has 0 atom stereocenters. The largest absolute Gasteiger partial charge is 0.327 e. The summed E-state index contributed by atoms with van der Waals surface area (Å²) in [6.07, 6.45) is 1.21. The number of hydrogen-bond donors (Lipinski definition) is 1. The SMILES string of the molecule is CC(C)c1ccc(CC(=CF)CN)cc1.Cl. The van der Waals surface area contributed by atoms with Crippen molar-refractivity contribution in [3.63, 3.8) is 0 Å². The molecule has 0 unspecified atom stereocenters. The molecule has 0 aliphatic rings. The fraction of sp³-hybridized carbons (Fsp3) is 0.385. The van der Waals surface area contributed by atoms with Crippen LogP contribution in [-0.4, -0.2) is 6.54 Å². The van der Waals surface area contributed by atoms with Gasteiger partial charge in [-0.3, -0.25) is 0 Å². The highest BCUT2D eigenvalue weighted by Gasteiger charge is 2.01. The number of rotatable bonds is 4. The van der Waals surface area contributed by atoms with E-state index in [4.69, 9.17) is 5.73 Å². The molecule has 1 aromatic rings. The first-order chi connectivity index (χ1) is 7.17. The Bertz CT molecular complexity index is 330. The number of nitrogens with two attached hydrogens (primary N) is 1. The molecule has 0 aliphatic carbocycles. The minimum Gasteiger partial charge on any atom is -0.327 e. The lowest BCUT2D eigenvalue weighted by atomic mass is 9.99. The van der Waals surface area contributed by atoms with Gasteiger partial charge in [0.1, 0.15) is 0 Å². The average molecular weight is 244 g/mol. The highest BCUT2D eigenvalue weighted by atomic mass is 35.5. The van der Waals surface area contributed by atoms with Crippen molar-refractivity contribution in [2.75, 3.05) is 6.54 Å². The molecule has 1 aromatic carbocycles. The van der Waals surface area contributed by atoms with Gasteiger partial charge in [0.05, 0.1) is 6.33 Å². The van der Waals surface area contributed by atoms with E-state index in [2.05, 4.69) is 26.0 Å². The van der Waals surface area contributed by atoms with Gasteiger partial charge < -0.3 is 5.73 Å². The summed E-state index contributed by atoms with van der Waals surface area (Å²) >= 11 is 0. The maximum atomic E-state index is 12.3. The fourth-order valence-electron chi connectivity index (χ4n) is 1.44. The average Bonchev–Trinajstić information content (AvgIpc) is 2.26. The van der Waals surface area contributed by atoms with Crippen molar-refractivity contribution in [3.05, 3.63) is 47.3 Å². The summed E-state index contributed by atoms with van der Waals surface area (Å²) in [7, 11) is 0. The molecule has 0 aliphatic heterocycles. The molecule has 0 saturated heterocycles. The van der Waals surface area contributed by atoms with Crippen molar-refractivity contribution in [2.45, 2.75) is 26.2 Å². The summed E-state index contributed by atoms with van der Waals surface area (Å²) in [4.78, 5) is 0. The summed E-state index contributed by atoms with van der Waals surface area (Å²) in [5.74, 6) is 0.532. The Morgan fingerprint density at radius 2 is 1.88 bits per heavy atom. The molecule has 0 saturated carbocycles. The van der Waals surface area contributed by atoms with E-state index < -0.39 is 0 Å². The second kappa shape index (κ2) is 7.42. The predicted octanol–water partition coefficient (Wildman–Crippen LogP) is 3.59. The molecule has 0 amide bonds. The van der Waals surface area contributed by atoms with E-state index in [0.717, 1.165) is 5.56 Å². The van der Waals surface area contributed by atoms with Gasteiger partial charge in [-0.2, -0.15) is 0 Å². The highest BCUT2D eigenvalue weighted by Crippen LogP contribution is 2.16. The lowest BCUT2D eigenvalue weighted by Gasteiger charge is -2.07. The normalized spacial score (nSPS) is 11.4. The third-order valence-corrected chi connectivity index (χ3v) is 2.49. The summed E-state index contributed by atoms with van der Waals surface area (Å²) < 4.78 is 12.3. The molecule has 0 fully saturated rings. The van der Waals surface area contributed by atoms with Crippen LogP contribution >= 0.6 is 12.4 Å². The Balaban J connectivity index is 0.00000225. The first kappa shape index (κ1) is 15.1. The predicted molar refractivity (Wildman–Crippen MR) is 69.7 cm³/mol. The molecule has 3 heteroatoms. The number of halogens is 2. The van der Waals surface area contributed by atoms with Crippen molar-refractivity contribution < 1.29 is 4.39 Å². The zero-order valence-electron chi connectivity index (χ0n) is 9.74. The van der Waals surface area contributed by atoms with Crippen LogP contribution in [0, 0.1) is 0 Å². The first-order valence-corrected chi connectivity index (χ1v) is 5.24. The Morgan fingerprint density at radius 3 is 2.25 bits per heavy atom. The van der Waals surface area contributed by atoms with Crippen LogP contribution in [0.3, 0.4) is 0 Å². The van der Waals surface area contributed by atoms with E-state index in [0.29, 0.717) is 24.2 Å². The fourth-order valence-corrected chi connectivity index (χ4v) is 1.44. The molecule has 16 heavy (non-hydrogen) atoms. The van der Waals surface area contributed by atoms with Crippen LogP contribution < -0.4 is 5.73 Å². The van der Waals surface area contributed by atoms with Crippen molar-refractivity contribution in [3.8, 4) is 0 Å². The maximum absolute atomic E-state index is 12.3. The van der Waals surface area contributed by atoms with E-state index in [-0.39, 0.29) is 19.0 Å². The van der Waals surface area contributed by atoms with Gasteiger partial charge in [-0.05, 0) is 29.0 Å². The van der Waals surface area contributed by atoms with E-state index in [1.54, 1.807) is 0 Å². The Labute approximate surface area is 103 Å². The third kappa shape index (κ3) is 4.33. The van der Waals surface area contributed by atoms with Crippen LogP contribution in [0.25, 0.3) is 0 Å². The van der Waals surface area contributed by atoms with Crippen LogP contribution in [0.4, 0.5) is 4.39 Å². The van der Waals surface area contributed by atoms with Crippen LogP contribution in [-0.2, 0) is 6.42 Å². The van der Waals surface area contributed by atoms with Crippen LogP contribution in [0.2, 0.25) is 0 Å². The van der Waals surface area contributed by atoms with Crippen LogP contribution in [0.1, 0.15) is 30.9 Å². The summed E-state index contributed by atoms with van der Waals surface area (Å²) in [5, 5.41) is 0. The maximum Gasteiger partial charge on any atom is 0.0875 e. The van der Waals surface area contributed by atoms with E-state index in [1.807, 2.05) is 12.1 Å². The van der Waals surface area contributed by atoms with Gasteiger partial charge in [-0.1, -0.05) is 38.1 Å². The smallest absolute Gasteiger partial charge is 0.0875 e. The third-order valence-electron chi connectivity index (χ3n) is 2.49. The molecular formula is C13H19ClFN. The van der Waals surface area contributed by atoms with Gasteiger partial charge in [0, 0.05) is 6.54 Å². The van der Waals surface area contributed by atoms with Crippen molar-refractivity contribution >= 4 is 12.4 Å². The molecule has 0 spiro atoms. The van der Waals surface area contributed by atoms with Gasteiger partial charge in [0.25, 0.3) is 0 Å². The minimum atomic E-state index is 0. The molecular weight excluding hydrogens is 225 g/mol. The van der Waals surface area contributed by atoms with Crippen LogP contribution in [0.15, 0.2) is 36.2 Å². The summed E-state index contributed by atoms with van der Waals surface area (Å²) in [6.45, 7) is 4.59. The lowest BCUT2D eigenvalue weighted by Crippen LogP contribution is -2.05. The Kier molecular flexibility index (Phi) is 7.02. The standard InChI is InChI=1S/C13H18FN.ClH/c1-10(2)13-5-3-11(4-6-13)7-12(8-14)9-15;/h3-6,8,10H,7,9,15H2,1-2H3;1H. The molecule has 1 rings (SSSR count). The summed E-state index contributed by atoms with van der Waals surface area (Å²) in [6, 6.07) is 8.25. The van der Waals surface area contributed by atoms with Gasteiger partial charge in [-0.15, -0.1) is 12.4 Å². The van der Waals surface area contributed by atoms with Gasteiger partial charge >= 0.3 is 0 Å². The minimum absolute atomic E-state index is 0. The molecule has 2 N–H and O–H groups in total. The van der Waals surface area contributed by atoms with E-state index in [1.165, 1.54) is 5.56 Å². The summed E-state index contributed by atoms with van der Waals surface area (Å²) in [5.41, 5.74) is 8.44. The monoisotopic (exact) mass is 243 g/mol. The van der Waals surface area contributed by atoms with E-state index >= 15 is 0 Å². The lowest BCUT2D eigenvalue weighted by molar-refractivity contribution is 0.699. The molecule has 0 bridgehead atoms. The first-order valence-electron chi connectivity index (χ1n) is 5.24. The molecule has 90 valence electrons. The molecule has 0 aromatic heterocycles. The topological polar surface area (TPSA) is 26.0 Å². The number of benzene rings is 1. The van der Waals surface area contributed by atoms with Crippen molar-refractivity contribution in [1.82, 2.24) is 0 Å². The molecule has 0 radical (unpaired) electrons. The zero-order valence-corrected chi connectivity index (χ0v) is 10.6. The van der Waals surface area contributed by atoms with Crippen molar-refractivity contribution in [1.29, 1.82) is 0 Å². The van der Waals surface area contributed by atoms with Crippen LogP contribution in [0.5, 0.6) is 0 Å². The highest BCUT2D eigenvalue weighted by molar-refractivity contribution is 5.85. The van der Waals surface area contributed by atoms with Gasteiger partial charge in [-0.25, -0.2) is 4.39 Å². The second-order valence-corrected chi connectivity index (χ2v) is 4.04. The molecule has 0 heterocycles. The number of hydrogen-bond acceptors (Lipinski definition) is 1. The zero-order chi connectivity index (χ0) is 11.3.